The third-order valence-electron chi connectivity index (χ3n) is 4.11. The molecule has 0 saturated carbocycles. The quantitative estimate of drug-likeness (QED) is 0.670. The van der Waals surface area contributed by atoms with Crippen molar-refractivity contribution >= 4 is 23.1 Å². The van der Waals surface area contributed by atoms with Crippen LogP contribution in [0.15, 0.2) is 60.8 Å². The average molecular weight is 377 g/mol. The van der Waals surface area contributed by atoms with Crippen molar-refractivity contribution in [3.05, 3.63) is 66.4 Å². The Hall–Kier alpha value is -3.74. The zero-order chi connectivity index (χ0) is 19.3. The molecule has 0 fully saturated rings. The number of ether oxygens (including phenoxy) is 3. The number of nitrogens with zero attached hydrogens (tertiary/aromatic N) is 1. The molecule has 0 spiro atoms. The zero-order valence-electron chi connectivity index (χ0n) is 15.3. The largest absolute Gasteiger partial charge is 0.492 e. The standard InChI is InChI=1S/C21H19N3O4/c1-2-26-17-6-4-3-5-16(17)23-15-8-10-20(22-12-15)24-21(25)14-7-9-18-19(11-14)28-13-27-18/h3-12,23H,2,13H2,1H3,(H,22,24,25). The first kappa shape index (κ1) is 17.7. The van der Waals surface area contributed by atoms with E-state index in [4.69, 9.17) is 14.2 Å². The Morgan fingerprint density at radius 1 is 1.11 bits per heavy atom. The Labute approximate surface area is 162 Å². The summed E-state index contributed by atoms with van der Waals surface area (Å²) < 4.78 is 16.2. The van der Waals surface area contributed by atoms with E-state index in [2.05, 4.69) is 15.6 Å². The second-order valence-corrected chi connectivity index (χ2v) is 6.01. The Morgan fingerprint density at radius 3 is 2.79 bits per heavy atom. The molecule has 28 heavy (non-hydrogen) atoms. The van der Waals surface area contributed by atoms with Crippen LogP contribution in [0.5, 0.6) is 17.2 Å². The summed E-state index contributed by atoms with van der Waals surface area (Å²) in [4.78, 5) is 16.7. The van der Waals surface area contributed by atoms with Crippen LogP contribution in [0.1, 0.15) is 17.3 Å². The van der Waals surface area contributed by atoms with Gasteiger partial charge in [0.2, 0.25) is 6.79 Å². The van der Waals surface area contributed by atoms with Crippen molar-refractivity contribution in [3.63, 3.8) is 0 Å². The molecule has 0 saturated heterocycles. The van der Waals surface area contributed by atoms with Crippen LogP contribution in [0, 0.1) is 0 Å². The lowest BCUT2D eigenvalue weighted by atomic mass is 10.2. The Kier molecular flexibility index (Phi) is 4.97. The molecule has 7 nitrogen and oxygen atoms in total. The highest BCUT2D eigenvalue weighted by molar-refractivity contribution is 6.04. The van der Waals surface area contributed by atoms with Gasteiger partial charge in [-0.25, -0.2) is 4.98 Å². The highest BCUT2D eigenvalue weighted by Gasteiger charge is 2.16. The van der Waals surface area contributed by atoms with Gasteiger partial charge in [-0.2, -0.15) is 0 Å². The summed E-state index contributed by atoms with van der Waals surface area (Å²) >= 11 is 0. The average Bonchev–Trinajstić information content (AvgIpc) is 3.19. The van der Waals surface area contributed by atoms with E-state index in [0.717, 1.165) is 17.1 Å². The summed E-state index contributed by atoms with van der Waals surface area (Å²) in [5.41, 5.74) is 2.11. The first-order chi connectivity index (χ1) is 13.7. The van der Waals surface area contributed by atoms with Crippen LogP contribution in [-0.4, -0.2) is 24.3 Å². The van der Waals surface area contributed by atoms with Crippen molar-refractivity contribution in [1.29, 1.82) is 0 Å². The number of carbonyl (C=O) groups is 1. The van der Waals surface area contributed by atoms with Crippen LogP contribution >= 0.6 is 0 Å². The van der Waals surface area contributed by atoms with Gasteiger partial charge in [-0.1, -0.05) is 12.1 Å². The maximum atomic E-state index is 12.4. The van der Waals surface area contributed by atoms with Crippen molar-refractivity contribution in [2.24, 2.45) is 0 Å². The Balaban J connectivity index is 1.43. The predicted octanol–water partition coefficient (Wildman–Crippen LogP) is 4.20. The number of hydrogen-bond donors (Lipinski definition) is 2. The Bertz CT molecular complexity index is 989. The lowest BCUT2D eigenvalue weighted by Crippen LogP contribution is -2.12. The molecule has 0 aliphatic carbocycles. The van der Waals surface area contributed by atoms with Crippen LogP contribution in [0.25, 0.3) is 0 Å². The van der Waals surface area contributed by atoms with Crippen LogP contribution in [0.3, 0.4) is 0 Å². The molecule has 0 atom stereocenters. The molecular formula is C21H19N3O4. The fourth-order valence-corrected chi connectivity index (χ4v) is 2.77. The van der Waals surface area contributed by atoms with E-state index in [-0.39, 0.29) is 12.7 Å². The first-order valence-corrected chi connectivity index (χ1v) is 8.89. The van der Waals surface area contributed by atoms with E-state index >= 15 is 0 Å². The molecule has 7 heteroatoms. The van der Waals surface area contributed by atoms with Gasteiger partial charge in [0.25, 0.3) is 5.91 Å². The molecule has 1 aliphatic rings. The van der Waals surface area contributed by atoms with Gasteiger partial charge in [0.1, 0.15) is 11.6 Å². The Morgan fingerprint density at radius 2 is 1.96 bits per heavy atom. The van der Waals surface area contributed by atoms with Gasteiger partial charge in [0.05, 0.1) is 24.2 Å². The van der Waals surface area contributed by atoms with E-state index in [1.165, 1.54) is 0 Å². The van der Waals surface area contributed by atoms with Gasteiger partial charge in [-0.05, 0) is 49.4 Å². The van der Waals surface area contributed by atoms with Crippen molar-refractivity contribution in [1.82, 2.24) is 4.98 Å². The summed E-state index contributed by atoms with van der Waals surface area (Å²) in [6, 6.07) is 16.3. The highest BCUT2D eigenvalue weighted by Crippen LogP contribution is 2.32. The molecule has 1 aromatic heterocycles. The summed E-state index contributed by atoms with van der Waals surface area (Å²) in [7, 11) is 0. The lowest BCUT2D eigenvalue weighted by Gasteiger charge is -2.12. The molecule has 3 aromatic rings. The summed E-state index contributed by atoms with van der Waals surface area (Å²) in [6.07, 6.45) is 1.65. The number of carbonyl (C=O) groups excluding carboxylic acids is 1. The minimum absolute atomic E-state index is 0.169. The maximum absolute atomic E-state index is 12.4. The van der Waals surface area contributed by atoms with E-state index in [9.17, 15) is 4.79 Å². The molecule has 1 amide bonds. The summed E-state index contributed by atoms with van der Waals surface area (Å²) in [6.45, 7) is 2.70. The first-order valence-electron chi connectivity index (χ1n) is 8.89. The monoisotopic (exact) mass is 377 g/mol. The summed E-state index contributed by atoms with van der Waals surface area (Å²) in [5, 5.41) is 6.04. The third kappa shape index (κ3) is 3.83. The van der Waals surface area contributed by atoms with Crippen LogP contribution in [0.4, 0.5) is 17.2 Å². The minimum Gasteiger partial charge on any atom is -0.492 e. The molecular weight excluding hydrogens is 358 g/mol. The van der Waals surface area contributed by atoms with Gasteiger partial charge >= 0.3 is 0 Å². The molecule has 0 bridgehead atoms. The molecule has 1 aliphatic heterocycles. The van der Waals surface area contributed by atoms with Gasteiger partial charge in [-0.3, -0.25) is 4.79 Å². The number of nitrogens with one attached hydrogen (secondary N) is 2. The van der Waals surface area contributed by atoms with Gasteiger partial charge in [0.15, 0.2) is 11.5 Å². The van der Waals surface area contributed by atoms with Crippen LogP contribution in [-0.2, 0) is 0 Å². The van der Waals surface area contributed by atoms with E-state index in [0.29, 0.717) is 29.5 Å². The highest BCUT2D eigenvalue weighted by atomic mass is 16.7. The van der Waals surface area contributed by atoms with Crippen molar-refractivity contribution < 1.29 is 19.0 Å². The molecule has 0 radical (unpaired) electrons. The number of para-hydroxylation sites is 2. The zero-order valence-corrected chi connectivity index (χ0v) is 15.3. The van der Waals surface area contributed by atoms with Gasteiger partial charge in [0, 0.05) is 5.56 Å². The number of anilines is 3. The fraction of sp³-hybridized carbons (Fsp3) is 0.143. The molecule has 2 aromatic carbocycles. The third-order valence-corrected chi connectivity index (χ3v) is 4.11. The smallest absolute Gasteiger partial charge is 0.256 e. The second-order valence-electron chi connectivity index (χ2n) is 6.01. The number of pyridine rings is 1. The van der Waals surface area contributed by atoms with Crippen molar-refractivity contribution in [3.8, 4) is 17.2 Å². The van der Waals surface area contributed by atoms with Crippen molar-refractivity contribution in [2.45, 2.75) is 6.92 Å². The van der Waals surface area contributed by atoms with Crippen molar-refractivity contribution in [2.75, 3.05) is 24.0 Å². The van der Waals surface area contributed by atoms with Crippen LogP contribution in [0.2, 0.25) is 0 Å². The van der Waals surface area contributed by atoms with Gasteiger partial charge in [-0.15, -0.1) is 0 Å². The van der Waals surface area contributed by atoms with E-state index < -0.39 is 0 Å². The van der Waals surface area contributed by atoms with E-state index in [1.807, 2.05) is 37.3 Å². The topological polar surface area (TPSA) is 81.7 Å². The SMILES string of the molecule is CCOc1ccccc1Nc1ccc(NC(=O)c2ccc3c(c2)OCO3)nc1. The molecule has 0 unspecified atom stereocenters. The minimum atomic E-state index is -0.270. The van der Waals surface area contributed by atoms with E-state index in [1.54, 1.807) is 30.5 Å². The maximum Gasteiger partial charge on any atom is 0.256 e. The molecule has 2 heterocycles. The normalized spacial score (nSPS) is 11.8. The lowest BCUT2D eigenvalue weighted by molar-refractivity contribution is 0.102. The number of aromatic nitrogens is 1. The predicted molar refractivity (Wildman–Crippen MR) is 106 cm³/mol. The number of benzene rings is 2. The summed E-state index contributed by atoms with van der Waals surface area (Å²) in [5.74, 6) is 2.15. The van der Waals surface area contributed by atoms with Gasteiger partial charge < -0.3 is 24.8 Å². The molecule has 142 valence electrons. The molecule has 4 rings (SSSR count). The van der Waals surface area contributed by atoms with Crippen LogP contribution < -0.4 is 24.8 Å². The molecule has 2 N–H and O–H groups in total. The second kappa shape index (κ2) is 7.87. The number of hydrogen-bond acceptors (Lipinski definition) is 6. The fourth-order valence-electron chi connectivity index (χ4n) is 2.77. The number of amides is 1. The number of fused-ring (bicyclic) bond motifs is 1. The number of rotatable bonds is 6.